The van der Waals surface area contributed by atoms with Crippen molar-refractivity contribution in [1.82, 2.24) is 15.0 Å². The first-order valence-corrected chi connectivity index (χ1v) is 8.38. The fourth-order valence-corrected chi connectivity index (χ4v) is 3.69. The minimum absolute atomic E-state index is 0.0824. The van der Waals surface area contributed by atoms with E-state index in [0.29, 0.717) is 11.8 Å². The highest BCUT2D eigenvalue weighted by Crippen LogP contribution is 2.34. The van der Waals surface area contributed by atoms with Crippen LogP contribution in [0, 0.1) is 0 Å². The molecule has 0 aliphatic carbocycles. The molecule has 118 valence electrons. The van der Waals surface area contributed by atoms with Crippen LogP contribution in [0.15, 0.2) is 16.0 Å². The van der Waals surface area contributed by atoms with Crippen molar-refractivity contribution in [1.29, 1.82) is 0 Å². The van der Waals surface area contributed by atoms with Crippen molar-refractivity contribution in [2.75, 3.05) is 25.5 Å². The van der Waals surface area contributed by atoms with Crippen LogP contribution in [0.25, 0.3) is 0 Å². The van der Waals surface area contributed by atoms with Crippen LogP contribution in [0.2, 0.25) is 0 Å². The lowest BCUT2D eigenvalue weighted by Gasteiger charge is -2.21. The molecule has 7 heteroatoms. The zero-order chi connectivity index (χ0) is 15.7. The minimum atomic E-state index is -0.111. The largest absolute Gasteiger partial charge is 0.344 e. The lowest BCUT2D eigenvalue weighted by Crippen LogP contribution is -2.30. The molecular formula is C15H20N4O2S. The molecule has 1 aliphatic heterocycles. The zero-order valence-corrected chi connectivity index (χ0v) is 13.9. The van der Waals surface area contributed by atoms with Gasteiger partial charge in [-0.25, -0.2) is 0 Å². The molecule has 22 heavy (non-hydrogen) atoms. The van der Waals surface area contributed by atoms with Crippen LogP contribution < -0.4 is 4.90 Å². The van der Waals surface area contributed by atoms with E-state index in [9.17, 15) is 4.79 Å². The highest BCUT2D eigenvalue weighted by Gasteiger charge is 2.35. The van der Waals surface area contributed by atoms with Crippen molar-refractivity contribution >= 4 is 23.2 Å². The van der Waals surface area contributed by atoms with E-state index >= 15 is 0 Å². The number of rotatable bonds is 4. The van der Waals surface area contributed by atoms with E-state index in [2.05, 4.69) is 17.1 Å². The number of aryl methyl sites for hydroxylation is 1. The van der Waals surface area contributed by atoms with E-state index < -0.39 is 0 Å². The van der Waals surface area contributed by atoms with E-state index in [1.54, 1.807) is 4.90 Å². The number of carbonyl (C=O) groups excluding carboxylic acids is 1. The first-order valence-electron chi connectivity index (χ1n) is 7.50. The Labute approximate surface area is 133 Å². The van der Waals surface area contributed by atoms with Gasteiger partial charge in [-0.15, -0.1) is 11.3 Å². The molecule has 0 spiro atoms. The summed E-state index contributed by atoms with van der Waals surface area (Å²) in [6.45, 7) is 2.81. The van der Waals surface area contributed by atoms with Gasteiger partial charge < -0.3 is 14.3 Å². The molecule has 0 radical (unpaired) electrons. The van der Waals surface area contributed by atoms with Gasteiger partial charge >= 0.3 is 0 Å². The van der Waals surface area contributed by atoms with Gasteiger partial charge in [0.15, 0.2) is 0 Å². The van der Waals surface area contributed by atoms with Crippen molar-refractivity contribution in [2.45, 2.75) is 32.2 Å². The van der Waals surface area contributed by atoms with Crippen LogP contribution in [0.1, 0.15) is 46.9 Å². The van der Waals surface area contributed by atoms with Gasteiger partial charge in [0.2, 0.25) is 0 Å². The number of anilines is 1. The third kappa shape index (κ3) is 2.61. The van der Waals surface area contributed by atoms with E-state index in [4.69, 9.17) is 4.52 Å². The summed E-state index contributed by atoms with van der Waals surface area (Å²) < 4.78 is 5.37. The quantitative estimate of drug-likeness (QED) is 0.867. The Morgan fingerprint density at radius 1 is 1.55 bits per heavy atom. The van der Waals surface area contributed by atoms with Gasteiger partial charge in [0.25, 0.3) is 17.7 Å². The summed E-state index contributed by atoms with van der Waals surface area (Å²) in [5.41, 5.74) is 1.11. The van der Waals surface area contributed by atoms with E-state index in [1.165, 1.54) is 11.3 Å². The standard InChI is InChI=1S/C15H20N4O2S/c1-4-10-7-9-22-12(10)14(20)19-8-5-6-11(19)13-16-15(17-21-13)18(2)3/h7,9,11H,4-6,8H2,1-3H3/t11-/m0/s1. The maximum atomic E-state index is 12.8. The fourth-order valence-electron chi connectivity index (χ4n) is 2.74. The number of amides is 1. The number of hydrogen-bond donors (Lipinski definition) is 0. The molecule has 0 N–H and O–H groups in total. The van der Waals surface area contributed by atoms with Crippen molar-refractivity contribution < 1.29 is 9.32 Å². The van der Waals surface area contributed by atoms with Gasteiger partial charge in [0.05, 0.1) is 4.88 Å². The SMILES string of the molecule is CCc1ccsc1C(=O)N1CCC[C@H]1c1nc(N(C)C)no1. The number of likely N-dealkylation sites (tertiary alicyclic amines) is 1. The number of thiophene rings is 1. The Bertz CT molecular complexity index is 664. The molecule has 1 amide bonds. The molecule has 3 heterocycles. The third-order valence-electron chi connectivity index (χ3n) is 3.95. The van der Waals surface area contributed by atoms with Crippen molar-refractivity contribution in [3.63, 3.8) is 0 Å². The van der Waals surface area contributed by atoms with Crippen LogP contribution in [0.4, 0.5) is 5.95 Å². The Morgan fingerprint density at radius 2 is 2.36 bits per heavy atom. The van der Waals surface area contributed by atoms with Crippen LogP contribution in [-0.4, -0.2) is 41.6 Å². The number of carbonyl (C=O) groups is 1. The zero-order valence-electron chi connectivity index (χ0n) is 13.1. The maximum absolute atomic E-state index is 12.8. The first kappa shape index (κ1) is 15.0. The average molecular weight is 320 g/mol. The summed E-state index contributed by atoms with van der Waals surface area (Å²) in [7, 11) is 3.73. The second-order valence-corrected chi connectivity index (χ2v) is 6.53. The monoisotopic (exact) mass is 320 g/mol. The Hall–Kier alpha value is -1.89. The molecule has 3 rings (SSSR count). The smallest absolute Gasteiger partial charge is 0.265 e. The van der Waals surface area contributed by atoms with Gasteiger partial charge in [-0.1, -0.05) is 6.92 Å². The van der Waals surface area contributed by atoms with Gasteiger partial charge in [-0.05, 0) is 41.4 Å². The molecule has 2 aromatic heterocycles. The molecule has 1 saturated heterocycles. The van der Waals surface area contributed by atoms with Crippen LogP contribution in [0.3, 0.4) is 0 Å². The summed E-state index contributed by atoms with van der Waals surface area (Å²) in [6, 6.07) is 1.92. The first-order chi connectivity index (χ1) is 10.6. The van der Waals surface area contributed by atoms with Gasteiger partial charge in [0.1, 0.15) is 6.04 Å². The summed E-state index contributed by atoms with van der Waals surface area (Å²) in [6.07, 6.45) is 2.70. The molecule has 1 fully saturated rings. The van der Waals surface area contributed by atoms with Gasteiger partial charge in [0, 0.05) is 20.6 Å². The Morgan fingerprint density at radius 3 is 3.05 bits per heavy atom. The van der Waals surface area contributed by atoms with E-state index in [-0.39, 0.29) is 11.9 Å². The van der Waals surface area contributed by atoms with Crippen molar-refractivity contribution in [3.8, 4) is 0 Å². The molecule has 2 aromatic rings. The van der Waals surface area contributed by atoms with Gasteiger partial charge in [-0.3, -0.25) is 4.79 Å². The average Bonchev–Trinajstić information content (AvgIpc) is 3.23. The summed E-state index contributed by atoms with van der Waals surface area (Å²) in [5.74, 6) is 1.16. The summed E-state index contributed by atoms with van der Waals surface area (Å²) in [4.78, 5) is 21.8. The number of hydrogen-bond acceptors (Lipinski definition) is 6. The van der Waals surface area contributed by atoms with Crippen LogP contribution in [0.5, 0.6) is 0 Å². The number of nitrogens with zero attached hydrogens (tertiary/aromatic N) is 4. The summed E-state index contributed by atoms with van der Waals surface area (Å²) >= 11 is 1.51. The van der Waals surface area contributed by atoms with Crippen molar-refractivity contribution in [3.05, 3.63) is 27.8 Å². The molecule has 0 saturated carbocycles. The normalized spacial score (nSPS) is 18.0. The predicted octanol–water partition coefficient (Wildman–Crippen LogP) is 2.74. The molecule has 0 unspecified atom stereocenters. The Kier molecular flexibility index (Phi) is 4.15. The van der Waals surface area contributed by atoms with Crippen molar-refractivity contribution in [2.24, 2.45) is 0 Å². The second-order valence-electron chi connectivity index (χ2n) is 5.61. The molecule has 6 nitrogen and oxygen atoms in total. The second kappa shape index (κ2) is 6.08. The lowest BCUT2D eigenvalue weighted by molar-refractivity contribution is 0.0714. The molecule has 1 atom stereocenters. The topological polar surface area (TPSA) is 62.5 Å². The number of aromatic nitrogens is 2. The van der Waals surface area contributed by atoms with E-state index in [0.717, 1.165) is 36.2 Å². The Balaban J connectivity index is 1.85. The van der Waals surface area contributed by atoms with Gasteiger partial charge in [-0.2, -0.15) is 4.98 Å². The molecule has 0 aromatic carbocycles. The van der Waals surface area contributed by atoms with Crippen LogP contribution >= 0.6 is 11.3 Å². The predicted molar refractivity (Wildman–Crippen MR) is 85.3 cm³/mol. The molecule has 1 aliphatic rings. The minimum Gasteiger partial charge on any atom is -0.344 e. The molecule has 0 bridgehead atoms. The lowest BCUT2D eigenvalue weighted by atomic mass is 10.1. The van der Waals surface area contributed by atoms with E-state index in [1.807, 2.05) is 30.4 Å². The maximum Gasteiger partial charge on any atom is 0.265 e. The highest BCUT2D eigenvalue weighted by atomic mass is 32.1. The summed E-state index contributed by atoms with van der Waals surface area (Å²) in [5, 5.41) is 5.94. The highest BCUT2D eigenvalue weighted by molar-refractivity contribution is 7.12. The fraction of sp³-hybridized carbons (Fsp3) is 0.533. The molecular weight excluding hydrogens is 300 g/mol. The van der Waals surface area contributed by atoms with Crippen LogP contribution in [-0.2, 0) is 6.42 Å². The third-order valence-corrected chi connectivity index (χ3v) is 4.90.